The molecule has 0 heterocycles. The summed E-state index contributed by atoms with van der Waals surface area (Å²) in [5.74, 6) is -2.73. The van der Waals surface area contributed by atoms with Crippen molar-refractivity contribution in [2.45, 2.75) is 18.6 Å². The van der Waals surface area contributed by atoms with E-state index in [1.807, 2.05) is 0 Å². The summed E-state index contributed by atoms with van der Waals surface area (Å²) in [4.78, 5) is 10.7. The Bertz CT molecular complexity index is 442. The molecule has 0 bridgehead atoms. The zero-order valence-corrected chi connectivity index (χ0v) is 10.4. The van der Waals surface area contributed by atoms with Gasteiger partial charge in [-0.05, 0) is 13.8 Å². The Hall–Kier alpha value is -0.630. The normalized spacial score (nSPS) is 13.8. The van der Waals surface area contributed by atoms with Crippen molar-refractivity contribution in [1.82, 2.24) is 0 Å². The lowest BCUT2D eigenvalue weighted by molar-refractivity contribution is -0.139. The number of hydrogen-bond acceptors (Lipinski definition) is 5. The summed E-state index contributed by atoms with van der Waals surface area (Å²) in [5, 5.41) is 8.68. The predicted octanol–water partition coefficient (Wildman–Crippen LogP) is -0.691. The summed E-state index contributed by atoms with van der Waals surface area (Å²) in [6.07, 6.45) is 0.899. The van der Waals surface area contributed by atoms with Gasteiger partial charge in [0, 0.05) is 6.26 Å². The van der Waals surface area contributed by atoms with E-state index in [0.29, 0.717) is 0 Å². The maximum absolute atomic E-state index is 11.5. The Morgan fingerprint density at radius 3 is 1.80 bits per heavy atom. The van der Waals surface area contributed by atoms with Crippen molar-refractivity contribution in [2.75, 3.05) is 17.8 Å². The van der Waals surface area contributed by atoms with Crippen LogP contribution in [0.2, 0.25) is 0 Å². The molecule has 90 valence electrons. The molecule has 0 saturated carbocycles. The second-order valence-electron chi connectivity index (χ2n) is 3.76. The summed E-state index contributed by atoms with van der Waals surface area (Å²) in [5.41, 5.74) is 0. The Morgan fingerprint density at radius 1 is 1.13 bits per heavy atom. The highest BCUT2D eigenvalue weighted by atomic mass is 32.2. The largest absolute Gasteiger partial charge is 0.480 e. The minimum Gasteiger partial charge on any atom is -0.480 e. The molecule has 0 aromatic carbocycles. The van der Waals surface area contributed by atoms with Crippen LogP contribution in [0.5, 0.6) is 0 Å². The molecule has 0 aromatic rings. The first-order valence-corrected chi connectivity index (χ1v) is 7.75. The standard InChI is InChI=1S/C7H14O6S2/c1-7(2,6(8)9)15(12,13)5-4-14(3,10)11/h4-5H2,1-3H3,(H,8,9). The monoisotopic (exact) mass is 258 g/mol. The lowest BCUT2D eigenvalue weighted by Gasteiger charge is -2.19. The van der Waals surface area contributed by atoms with Crippen LogP contribution in [0.15, 0.2) is 0 Å². The summed E-state index contributed by atoms with van der Waals surface area (Å²) in [6.45, 7) is 2.07. The zero-order valence-electron chi connectivity index (χ0n) is 8.72. The van der Waals surface area contributed by atoms with E-state index in [1.165, 1.54) is 0 Å². The van der Waals surface area contributed by atoms with Crippen LogP contribution in [0.4, 0.5) is 0 Å². The molecule has 0 aliphatic carbocycles. The minimum absolute atomic E-state index is 0.563. The molecular weight excluding hydrogens is 244 g/mol. The fourth-order valence-corrected chi connectivity index (χ4v) is 3.51. The molecule has 0 amide bonds. The van der Waals surface area contributed by atoms with Crippen LogP contribution < -0.4 is 0 Å². The van der Waals surface area contributed by atoms with Crippen molar-refractivity contribution in [2.24, 2.45) is 0 Å². The van der Waals surface area contributed by atoms with Crippen LogP contribution in [0.1, 0.15) is 13.8 Å². The smallest absolute Gasteiger partial charge is 0.324 e. The van der Waals surface area contributed by atoms with Crippen molar-refractivity contribution in [3.05, 3.63) is 0 Å². The van der Waals surface area contributed by atoms with Crippen molar-refractivity contribution in [3.8, 4) is 0 Å². The second kappa shape index (κ2) is 4.09. The van der Waals surface area contributed by atoms with Crippen LogP contribution in [0.25, 0.3) is 0 Å². The lowest BCUT2D eigenvalue weighted by Crippen LogP contribution is -2.43. The molecule has 0 aromatic heterocycles. The molecule has 0 atom stereocenters. The maximum Gasteiger partial charge on any atom is 0.324 e. The molecule has 6 nitrogen and oxygen atoms in total. The van der Waals surface area contributed by atoms with Crippen molar-refractivity contribution >= 4 is 25.6 Å². The molecule has 0 fully saturated rings. The molecule has 8 heteroatoms. The van der Waals surface area contributed by atoms with Crippen LogP contribution >= 0.6 is 0 Å². The van der Waals surface area contributed by atoms with Gasteiger partial charge in [0.05, 0.1) is 11.5 Å². The molecule has 0 spiro atoms. The first-order chi connectivity index (χ1) is 6.40. The average Bonchev–Trinajstić information content (AvgIpc) is 1.99. The summed E-state index contributed by atoms with van der Waals surface area (Å²) < 4.78 is 42.6. The third-order valence-electron chi connectivity index (χ3n) is 2.02. The Morgan fingerprint density at radius 2 is 1.53 bits per heavy atom. The molecule has 0 aliphatic rings. The SMILES string of the molecule is CC(C)(C(=O)O)S(=O)(=O)CCS(C)(=O)=O. The highest BCUT2D eigenvalue weighted by Gasteiger charge is 2.41. The van der Waals surface area contributed by atoms with Gasteiger partial charge in [-0.25, -0.2) is 16.8 Å². The van der Waals surface area contributed by atoms with E-state index in [-0.39, 0.29) is 0 Å². The van der Waals surface area contributed by atoms with Crippen molar-refractivity contribution in [3.63, 3.8) is 0 Å². The number of carboxylic acid groups (broad SMARTS) is 1. The van der Waals surface area contributed by atoms with E-state index >= 15 is 0 Å². The number of aliphatic carboxylic acids is 1. The topological polar surface area (TPSA) is 106 Å². The third-order valence-corrected chi connectivity index (χ3v) is 5.69. The second-order valence-corrected chi connectivity index (χ2v) is 8.68. The van der Waals surface area contributed by atoms with E-state index in [0.717, 1.165) is 20.1 Å². The Balaban J connectivity index is 4.96. The highest BCUT2D eigenvalue weighted by Crippen LogP contribution is 2.17. The van der Waals surface area contributed by atoms with Crippen LogP contribution in [-0.2, 0) is 24.5 Å². The highest BCUT2D eigenvalue weighted by molar-refractivity contribution is 7.96. The molecule has 15 heavy (non-hydrogen) atoms. The summed E-state index contributed by atoms with van der Waals surface area (Å²) in [7, 11) is -7.39. The first kappa shape index (κ1) is 14.4. The summed E-state index contributed by atoms with van der Waals surface area (Å²) >= 11 is 0. The Kier molecular flexibility index (Phi) is 3.92. The predicted molar refractivity (Wildman–Crippen MR) is 55.2 cm³/mol. The van der Waals surface area contributed by atoms with E-state index in [4.69, 9.17) is 5.11 Å². The lowest BCUT2D eigenvalue weighted by atomic mass is 10.2. The maximum atomic E-state index is 11.5. The molecule has 0 saturated heterocycles. The van der Waals surface area contributed by atoms with Gasteiger partial charge in [-0.1, -0.05) is 0 Å². The number of rotatable bonds is 5. The molecule has 0 rings (SSSR count). The van der Waals surface area contributed by atoms with Gasteiger partial charge in [-0.15, -0.1) is 0 Å². The number of sulfone groups is 2. The molecule has 0 unspecified atom stereocenters. The van der Waals surface area contributed by atoms with Gasteiger partial charge in [0.2, 0.25) is 0 Å². The number of hydrogen-bond donors (Lipinski definition) is 1. The third kappa shape index (κ3) is 3.78. The van der Waals surface area contributed by atoms with Crippen LogP contribution in [-0.4, -0.2) is 50.4 Å². The van der Waals surface area contributed by atoms with Crippen molar-refractivity contribution in [1.29, 1.82) is 0 Å². The fourth-order valence-electron chi connectivity index (χ4n) is 0.649. The molecule has 0 radical (unpaired) electrons. The summed E-state index contributed by atoms with van der Waals surface area (Å²) in [6, 6.07) is 0. The van der Waals surface area contributed by atoms with Gasteiger partial charge >= 0.3 is 5.97 Å². The van der Waals surface area contributed by atoms with Crippen LogP contribution in [0, 0.1) is 0 Å². The van der Waals surface area contributed by atoms with Crippen LogP contribution in [0.3, 0.4) is 0 Å². The average molecular weight is 258 g/mol. The first-order valence-electron chi connectivity index (χ1n) is 4.03. The quantitative estimate of drug-likeness (QED) is 0.699. The molecule has 0 aliphatic heterocycles. The number of carbonyl (C=O) groups is 1. The zero-order chi connectivity index (χ0) is 12.5. The minimum atomic E-state index is -3.97. The number of carboxylic acids is 1. The van der Waals surface area contributed by atoms with Crippen molar-refractivity contribution < 1.29 is 26.7 Å². The Labute approximate surface area is 89.1 Å². The van der Waals surface area contributed by atoms with Gasteiger partial charge < -0.3 is 5.11 Å². The van der Waals surface area contributed by atoms with Gasteiger partial charge in [0.15, 0.2) is 14.6 Å². The fraction of sp³-hybridized carbons (Fsp3) is 0.857. The molecule has 1 N–H and O–H groups in total. The van der Waals surface area contributed by atoms with Gasteiger partial charge in [0.25, 0.3) is 0 Å². The van der Waals surface area contributed by atoms with Gasteiger partial charge in [0.1, 0.15) is 9.84 Å². The van der Waals surface area contributed by atoms with E-state index in [9.17, 15) is 21.6 Å². The van der Waals surface area contributed by atoms with E-state index in [2.05, 4.69) is 0 Å². The van der Waals surface area contributed by atoms with E-state index in [1.54, 1.807) is 0 Å². The van der Waals surface area contributed by atoms with E-state index < -0.39 is 41.9 Å². The van der Waals surface area contributed by atoms with Gasteiger partial charge in [-0.2, -0.15) is 0 Å². The van der Waals surface area contributed by atoms with Gasteiger partial charge in [-0.3, -0.25) is 4.79 Å². The molecular formula is C7H14O6S2.